The minimum Gasteiger partial charge on any atom is -0.487 e. The van der Waals surface area contributed by atoms with Crippen molar-refractivity contribution in [3.63, 3.8) is 0 Å². The summed E-state index contributed by atoms with van der Waals surface area (Å²) in [7, 11) is -3.82. The van der Waals surface area contributed by atoms with Gasteiger partial charge in [-0.1, -0.05) is 42.0 Å². The van der Waals surface area contributed by atoms with E-state index in [1.54, 1.807) is 24.3 Å². The molecular weight excluding hydrogens is 396 g/mol. The van der Waals surface area contributed by atoms with Crippen molar-refractivity contribution in [3.05, 3.63) is 82.4 Å². The van der Waals surface area contributed by atoms with Crippen LogP contribution in [0.1, 0.15) is 27.8 Å². The predicted octanol–water partition coefficient (Wildman–Crippen LogP) is 5.30. The van der Waals surface area contributed by atoms with Crippen LogP contribution < -0.4 is 4.74 Å². The lowest BCUT2D eigenvalue weighted by Gasteiger charge is -2.16. The lowest BCUT2D eigenvalue weighted by atomic mass is 9.92. The number of aryl methyl sites for hydroxylation is 4. The second-order valence-electron chi connectivity index (χ2n) is 8.06. The average Bonchev–Trinajstić information content (AvgIpc) is 3.09. The number of fused-ring (bicyclic) bond motifs is 1. The lowest BCUT2D eigenvalue weighted by Crippen LogP contribution is -2.23. The summed E-state index contributed by atoms with van der Waals surface area (Å²) in [6.45, 7) is 8.16. The van der Waals surface area contributed by atoms with Gasteiger partial charge >= 0.3 is 0 Å². The van der Waals surface area contributed by atoms with Gasteiger partial charge in [0.2, 0.25) is 0 Å². The summed E-state index contributed by atoms with van der Waals surface area (Å²) in [5, 5.41) is 0. The Morgan fingerprint density at radius 2 is 1.60 bits per heavy atom. The van der Waals surface area contributed by atoms with Crippen molar-refractivity contribution in [2.24, 2.45) is 0 Å². The second-order valence-corrected chi connectivity index (χ2v) is 9.68. The fourth-order valence-electron chi connectivity index (χ4n) is 4.05. The fourth-order valence-corrected chi connectivity index (χ4v) is 4.99. The van der Waals surface area contributed by atoms with E-state index in [2.05, 4.69) is 51.1 Å². The molecule has 30 heavy (non-hydrogen) atoms. The molecule has 0 aliphatic carbocycles. The number of rotatable bonds is 5. The normalized spacial score (nSPS) is 15.7. The van der Waals surface area contributed by atoms with Crippen molar-refractivity contribution >= 4 is 10.1 Å². The van der Waals surface area contributed by atoms with E-state index in [-0.39, 0.29) is 17.6 Å². The van der Waals surface area contributed by atoms with Crippen LogP contribution in [-0.4, -0.2) is 21.1 Å². The molecule has 4 nitrogen and oxygen atoms in total. The summed E-state index contributed by atoms with van der Waals surface area (Å²) < 4.78 is 36.6. The largest absolute Gasteiger partial charge is 0.487 e. The summed E-state index contributed by atoms with van der Waals surface area (Å²) in [4.78, 5) is 0.163. The third kappa shape index (κ3) is 4.00. The molecule has 1 unspecified atom stereocenters. The smallest absolute Gasteiger partial charge is 0.297 e. The van der Waals surface area contributed by atoms with Crippen LogP contribution in [-0.2, 0) is 20.7 Å². The highest BCUT2D eigenvalue weighted by Crippen LogP contribution is 2.42. The Morgan fingerprint density at radius 1 is 0.933 bits per heavy atom. The van der Waals surface area contributed by atoms with Gasteiger partial charge in [-0.3, -0.25) is 4.18 Å². The highest BCUT2D eigenvalue weighted by molar-refractivity contribution is 7.86. The Balaban J connectivity index is 1.57. The Labute approximate surface area is 178 Å². The predicted molar refractivity (Wildman–Crippen MR) is 119 cm³/mol. The molecule has 3 aromatic carbocycles. The van der Waals surface area contributed by atoms with Crippen molar-refractivity contribution in [2.75, 3.05) is 6.61 Å². The van der Waals surface area contributed by atoms with E-state index in [9.17, 15) is 8.42 Å². The number of hydrogen-bond acceptors (Lipinski definition) is 4. The van der Waals surface area contributed by atoms with Gasteiger partial charge in [0.25, 0.3) is 10.1 Å². The fraction of sp³-hybridized carbons (Fsp3) is 0.280. The van der Waals surface area contributed by atoms with Gasteiger partial charge in [0, 0.05) is 12.0 Å². The van der Waals surface area contributed by atoms with E-state index in [1.165, 1.54) is 16.7 Å². The third-order valence-electron chi connectivity index (χ3n) is 5.51. The third-order valence-corrected chi connectivity index (χ3v) is 6.81. The summed E-state index contributed by atoms with van der Waals surface area (Å²) in [6, 6.07) is 17.2. The summed E-state index contributed by atoms with van der Waals surface area (Å²) in [5.74, 6) is 0.833. The second kappa shape index (κ2) is 7.89. The van der Waals surface area contributed by atoms with Gasteiger partial charge in [0.05, 0.1) is 4.90 Å². The van der Waals surface area contributed by atoms with Crippen LogP contribution in [0.2, 0.25) is 0 Å². The minimum atomic E-state index is -3.82. The molecule has 0 radical (unpaired) electrons. The van der Waals surface area contributed by atoms with E-state index in [0.717, 1.165) is 28.0 Å². The molecule has 0 spiro atoms. The van der Waals surface area contributed by atoms with Crippen LogP contribution in [0.3, 0.4) is 0 Å². The van der Waals surface area contributed by atoms with Crippen LogP contribution in [0.25, 0.3) is 11.1 Å². The van der Waals surface area contributed by atoms with Gasteiger partial charge in [-0.25, -0.2) is 0 Å². The summed E-state index contributed by atoms with van der Waals surface area (Å²) in [5.41, 5.74) is 7.85. The highest BCUT2D eigenvalue weighted by Gasteiger charge is 2.29. The average molecular weight is 423 g/mol. The maximum atomic E-state index is 12.5. The van der Waals surface area contributed by atoms with E-state index >= 15 is 0 Å². The lowest BCUT2D eigenvalue weighted by molar-refractivity contribution is 0.152. The zero-order chi connectivity index (χ0) is 21.5. The Kier molecular flexibility index (Phi) is 5.43. The Bertz CT molecular complexity index is 1170. The standard InChI is InChI=1S/C25H26O4S/c1-16-8-10-22(11-9-16)30(26,27)28-15-21-14-20-12-17(2)13-23(25(20)29-21)24-18(3)6-5-7-19(24)4/h5-13,21H,14-15H2,1-4H3. The molecule has 3 aromatic rings. The van der Waals surface area contributed by atoms with E-state index in [1.807, 2.05) is 6.92 Å². The molecule has 156 valence electrons. The molecule has 5 heteroatoms. The zero-order valence-corrected chi connectivity index (χ0v) is 18.5. The molecule has 1 atom stereocenters. The van der Waals surface area contributed by atoms with Gasteiger partial charge in [0.1, 0.15) is 18.5 Å². The first-order valence-corrected chi connectivity index (χ1v) is 11.5. The molecule has 4 rings (SSSR count). The van der Waals surface area contributed by atoms with E-state index in [0.29, 0.717) is 6.42 Å². The van der Waals surface area contributed by atoms with E-state index in [4.69, 9.17) is 8.92 Å². The first-order valence-electron chi connectivity index (χ1n) is 10.1. The Hall–Kier alpha value is -2.63. The van der Waals surface area contributed by atoms with Crippen LogP contribution in [0.4, 0.5) is 0 Å². The van der Waals surface area contributed by atoms with Crippen molar-refractivity contribution in [3.8, 4) is 16.9 Å². The van der Waals surface area contributed by atoms with Gasteiger partial charge in [0.15, 0.2) is 0 Å². The van der Waals surface area contributed by atoms with Crippen molar-refractivity contribution in [2.45, 2.75) is 45.1 Å². The zero-order valence-electron chi connectivity index (χ0n) is 17.7. The number of ether oxygens (including phenoxy) is 1. The van der Waals surface area contributed by atoms with Crippen LogP contribution in [0.5, 0.6) is 5.75 Å². The maximum Gasteiger partial charge on any atom is 0.297 e. The Morgan fingerprint density at radius 3 is 2.27 bits per heavy atom. The van der Waals surface area contributed by atoms with Crippen molar-refractivity contribution in [1.82, 2.24) is 0 Å². The molecule has 0 fully saturated rings. The van der Waals surface area contributed by atoms with Crippen molar-refractivity contribution in [1.29, 1.82) is 0 Å². The molecule has 1 heterocycles. The quantitative estimate of drug-likeness (QED) is 0.524. The highest BCUT2D eigenvalue weighted by atomic mass is 32.2. The molecule has 1 aliphatic heterocycles. The number of hydrogen-bond donors (Lipinski definition) is 0. The molecule has 0 bridgehead atoms. The molecule has 0 saturated carbocycles. The number of benzene rings is 3. The van der Waals surface area contributed by atoms with Gasteiger partial charge in [-0.15, -0.1) is 0 Å². The molecule has 1 aliphatic rings. The summed E-state index contributed by atoms with van der Waals surface area (Å²) >= 11 is 0. The van der Waals surface area contributed by atoms with Crippen LogP contribution in [0.15, 0.2) is 59.5 Å². The van der Waals surface area contributed by atoms with Gasteiger partial charge < -0.3 is 4.74 Å². The van der Waals surface area contributed by atoms with Gasteiger partial charge in [-0.05, 0) is 73.7 Å². The first-order chi connectivity index (χ1) is 14.2. The van der Waals surface area contributed by atoms with Gasteiger partial charge in [-0.2, -0.15) is 8.42 Å². The first kappa shape index (κ1) is 20.6. The monoisotopic (exact) mass is 422 g/mol. The van der Waals surface area contributed by atoms with E-state index < -0.39 is 10.1 Å². The SMILES string of the molecule is Cc1ccc(S(=O)(=O)OCC2Cc3cc(C)cc(-c4c(C)cccc4C)c3O2)cc1. The van der Waals surface area contributed by atoms with Crippen LogP contribution in [0, 0.1) is 27.7 Å². The maximum absolute atomic E-state index is 12.5. The van der Waals surface area contributed by atoms with Crippen LogP contribution >= 0.6 is 0 Å². The topological polar surface area (TPSA) is 52.6 Å². The molecule has 0 saturated heterocycles. The molecule has 0 amide bonds. The molecule has 0 aromatic heterocycles. The van der Waals surface area contributed by atoms with Crippen molar-refractivity contribution < 1.29 is 17.3 Å². The summed E-state index contributed by atoms with van der Waals surface area (Å²) in [6.07, 6.45) is 0.281. The minimum absolute atomic E-state index is 0.0177. The molecular formula is C25H26O4S. The molecule has 0 N–H and O–H groups in total.